The summed E-state index contributed by atoms with van der Waals surface area (Å²) < 4.78 is 5.53. The zero-order valence-corrected chi connectivity index (χ0v) is 22.0. The van der Waals surface area contributed by atoms with Crippen molar-refractivity contribution < 1.29 is 9.53 Å². The normalized spacial score (nSPS) is 14.4. The highest BCUT2D eigenvalue weighted by Gasteiger charge is 2.27. The molecule has 1 aliphatic heterocycles. The topological polar surface area (TPSA) is 29.5 Å². The summed E-state index contributed by atoms with van der Waals surface area (Å²) in [7, 11) is 0. The van der Waals surface area contributed by atoms with Crippen LogP contribution in [0.15, 0.2) is 103 Å². The number of hydrogen-bond acceptors (Lipinski definition) is 2. The molecule has 4 aromatic carbocycles. The number of carbonyl (C=O) groups excluding carboxylic acids is 1. The number of piperidine rings is 1. The molecule has 0 N–H and O–H groups in total. The first-order chi connectivity index (χ1) is 17.9. The minimum atomic E-state index is -0.449. The van der Waals surface area contributed by atoms with Crippen LogP contribution in [0, 0.1) is 0 Å². The Kier molecular flexibility index (Phi) is 7.14. The highest BCUT2D eigenvalue weighted by atomic mass is 16.6. The molecule has 0 radical (unpaired) electrons. The second-order valence-electron chi connectivity index (χ2n) is 10.9. The lowest BCUT2D eigenvalue weighted by Crippen LogP contribution is -2.41. The van der Waals surface area contributed by atoms with Crippen LogP contribution in [-0.2, 0) is 4.74 Å². The Bertz CT molecular complexity index is 1310. The summed E-state index contributed by atoms with van der Waals surface area (Å²) in [5, 5.41) is 0. The Morgan fingerprint density at radius 2 is 1.00 bits per heavy atom. The van der Waals surface area contributed by atoms with E-state index in [2.05, 4.69) is 97.1 Å². The molecule has 0 unspecified atom stereocenters. The van der Waals surface area contributed by atoms with E-state index in [9.17, 15) is 4.79 Å². The van der Waals surface area contributed by atoms with Crippen LogP contribution < -0.4 is 0 Å². The highest BCUT2D eigenvalue weighted by molar-refractivity contribution is 5.73. The number of amides is 1. The average molecular weight is 490 g/mol. The summed E-state index contributed by atoms with van der Waals surface area (Å²) in [6.07, 6.45) is 1.74. The molecule has 37 heavy (non-hydrogen) atoms. The molecule has 0 aromatic heterocycles. The quantitative estimate of drug-likeness (QED) is 0.287. The summed E-state index contributed by atoms with van der Waals surface area (Å²) in [5.74, 6) is 0.481. The molecule has 1 aliphatic rings. The Hall–Kier alpha value is -3.85. The van der Waals surface area contributed by atoms with E-state index in [4.69, 9.17) is 4.74 Å². The standard InChI is InChI=1S/C34H35NO2/c1-34(2,3)37-33(36)35-23-21-32(22-24-35)31-19-17-30(18-20-31)29-15-13-28(14-16-29)27-11-9-26(10-12-27)25-7-5-4-6-8-25/h4-20,32H,21-24H2,1-3H3. The van der Waals surface area contributed by atoms with Gasteiger partial charge in [-0.05, 0) is 78.5 Å². The minimum absolute atomic E-state index is 0.197. The number of carbonyl (C=O) groups is 1. The maximum absolute atomic E-state index is 12.4. The van der Waals surface area contributed by atoms with Crippen molar-refractivity contribution in [3.8, 4) is 33.4 Å². The van der Waals surface area contributed by atoms with Crippen LogP contribution >= 0.6 is 0 Å². The lowest BCUT2D eigenvalue weighted by molar-refractivity contribution is 0.0205. The lowest BCUT2D eigenvalue weighted by Gasteiger charge is -2.33. The summed E-state index contributed by atoms with van der Waals surface area (Å²) in [6.45, 7) is 7.23. The number of benzene rings is 4. The van der Waals surface area contributed by atoms with E-state index >= 15 is 0 Å². The summed E-state index contributed by atoms with van der Waals surface area (Å²) in [5.41, 5.74) is 8.25. The van der Waals surface area contributed by atoms with Crippen LogP contribution in [0.2, 0.25) is 0 Å². The highest BCUT2D eigenvalue weighted by Crippen LogP contribution is 2.32. The van der Waals surface area contributed by atoms with Gasteiger partial charge in [0.05, 0.1) is 0 Å². The van der Waals surface area contributed by atoms with Gasteiger partial charge in [-0.3, -0.25) is 0 Å². The predicted octanol–water partition coefficient (Wildman–Crippen LogP) is 8.80. The first-order valence-corrected chi connectivity index (χ1v) is 13.2. The second-order valence-corrected chi connectivity index (χ2v) is 10.9. The van der Waals surface area contributed by atoms with Crippen LogP contribution in [0.5, 0.6) is 0 Å². The fourth-order valence-corrected chi connectivity index (χ4v) is 5.01. The predicted molar refractivity (Wildman–Crippen MR) is 153 cm³/mol. The average Bonchev–Trinajstić information content (AvgIpc) is 2.93. The monoisotopic (exact) mass is 489 g/mol. The van der Waals surface area contributed by atoms with Crippen molar-refractivity contribution in [1.82, 2.24) is 4.90 Å². The molecule has 0 atom stereocenters. The summed E-state index contributed by atoms with van der Waals surface area (Å²) in [4.78, 5) is 14.2. The van der Waals surface area contributed by atoms with E-state index in [1.807, 2.05) is 31.7 Å². The Morgan fingerprint density at radius 3 is 1.41 bits per heavy atom. The van der Waals surface area contributed by atoms with Gasteiger partial charge in [0.15, 0.2) is 0 Å². The molecule has 3 heteroatoms. The maximum Gasteiger partial charge on any atom is 0.410 e. The van der Waals surface area contributed by atoms with Gasteiger partial charge in [-0.2, -0.15) is 0 Å². The van der Waals surface area contributed by atoms with E-state index in [-0.39, 0.29) is 6.09 Å². The summed E-state index contributed by atoms with van der Waals surface area (Å²) in [6, 6.07) is 37.0. The van der Waals surface area contributed by atoms with Crippen molar-refractivity contribution in [2.45, 2.75) is 45.1 Å². The van der Waals surface area contributed by atoms with E-state index < -0.39 is 5.60 Å². The van der Waals surface area contributed by atoms with Gasteiger partial charge >= 0.3 is 6.09 Å². The summed E-state index contributed by atoms with van der Waals surface area (Å²) >= 11 is 0. The lowest BCUT2D eigenvalue weighted by atomic mass is 9.88. The Morgan fingerprint density at radius 1 is 0.622 bits per heavy atom. The maximum atomic E-state index is 12.4. The van der Waals surface area contributed by atoms with Crippen molar-refractivity contribution in [2.24, 2.45) is 0 Å². The fourth-order valence-electron chi connectivity index (χ4n) is 5.01. The zero-order valence-electron chi connectivity index (χ0n) is 22.0. The number of rotatable bonds is 4. The molecule has 0 spiro atoms. The van der Waals surface area contributed by atoms with Gasteiger partial charge in [-0.15, -0.1) is 0 Å². The smallest absolute Gasteiger partial charge is 0.410 e. The molecular formula is C34H35NO2. The van der Waals surface area contributed by atoms with Gasteiger partial charge < -0.3 is 9.64 Å². The molecular weight excluding hydrogens is 454 g/mol. The Labute approximate surface area is 220 Å². The van der Waals surface area contributed by atoms with Gasteiger partial charge in [0.1, 0.15) is 5.60 Å². The third-order valence-electron chi connectivity index (χ3n) is 7.07. The molecule has 0 saturated carbocycles. The zero-order chi connectivity index (χ0) is 25.8. The Balaban J connectivity index is 1.20. The van der Waals surface area contributed by atoms with Crippen molar-refractivity contribution >= 4 is 6.09 Å². The van der Waals surface area contributed by atoms with Crippen molar-refractivity contribution in [3.05, 3.63) is 109 Å². The second kappa shape index (κ2) is 10.6. The number of ether oxygens (including phenoxy) is 1. The number of hydrogen-bond donors (Lipinski definition) is 0. The van der Waals surface area contributed by atoms with E-state index in [0.29, 0.717) is 5.92 Å². The van der Waals surface area contributed by atoms with Gasteiger partial charge in [0.25, 0.3) is 0 Å². The molecule has 1 fully saturated rings. The van der Waals surface area contributed by atoms with Crippen LogP contribution in [0.4, 0.5) is 4.79 Å². The fraction of sp³-hybridized carbons (Fsp3) is 0.265. The first-order valence-electron chi connectivity index (χ1n) is 13.2. The van der Waals surface area contributed by atoms with Crippen molar-refractivity contribution in [3.63, 3.8) is 0 Å². The van der Waals surface area contributed by atoms with Crippen LogP contribution in [0.25, 0.3) is 33.4 Å². The molecule has 1 heterocycles. The molecule has 0 bridgehead atoms. The molecule has 3 nitrogen and oxygen atoms in total. The number of nitrogens with zero attached hydrogens (tertiary/aromatic N) is 1. The van der Waals surface area contributed by atoms with Crippen molar-refractivity contribution in [2.75, 3.05) is 13.1 Å². The van der Waals surface area contributed by atoms with Crippen LogP contribution in [0.1, 0.15) is 45.1 Å². The van der Waals surface area contributed by atoms with E-state index in [0.717, 1.165) is 25.9 Å². The van der Waals surface area contributed by atoms with Crippen LogP contribution in [-0.4, -0.2) is 29.7 Å². The molecule has 4 aromatic rings. The van der Waals surface area contributed by atoms with Gasteiger partial charge in [-0.25, -0.2) is 4.79 Å². The molecule has 5 rings (SSSR count). The van der Waals surface area contributed by atoms with Gasteiger partial charge in [0.2, 0.25) is 0 Å². The third kappa shape index (κ3) is 6.11. The van der Waals surface area contributed by atoms with Gasteiger partial charge in [-0.1, -0.05) is 103 Å². The SMILES string of the molecule is CC(C)(C)OC(=O)N1CCC(c2ccc(-c3ccc(-c4ccc(-c5ccccc5)cc4)cc3)cc2)CC1. The first kappa shape index (κ1) is 24.8. The van der Waals surface area contributed by atoms with Gasteiger partial charge in [0, 0.05) is 13.1 Å². The van der Waals surface area contributed by atoms with Crippen molar-refractivity contribution in [1.29, 1.82) is 0 Å². The van der Waals surface area contributed by atoms with E-state index in [1.165, 1.54) is 38.9 Å². The largest absolute Gasteiger partial charge is 0.444 e. The van der Waals surface area contributed by atoms with Crippen LogP contribution in [0.3, 0.4) is 0 Å². The molecule has 1 amide bonds. The molecule has 1 saturated heterocycles. The molecule has 188 valence electrons. The third-order valence-corrected chi connectivity index (χ3v) is 7.07. The minimum Gasteiger partial charge on any atom is -0.444 e. The van der Waals surface area contributed by atoms with E-state index in [1.54, 1.807) is 0 Å². The molecule has 0 aliphatic carbocycles. The number of likely N-dealkylation sites (tertiary alicyclic amines) is 1.